The molecule has 0 aliphatic heterocycles. The second-order valence-corrected chi connectivity index (χ2v) is 3.06. The van der Waals surface area contributed by atoms with Crippen LogP contribution in [0, 0.1) is 5.92 Å². The van der Waals surface area contributed by atoms with Gasteiger partial charge >= 0.3 is 12.3 Å². The van der Waals surface area contributed by atoms with Crippen molar-refractivity contribution in [1.29, 1.82) is 0 Å². The first-order chi connectivity index (χ1) is 5.81. The number of urea groups is 1. The molecule has 2 N–H and O–H groups in total. The Hall–Kier alpha value is -0.940. The maximum atomic E-state index is 11.5. The van der Waals surface area contributed by atoms with Crippen molar-refractivity contribution < 1.29 is 18.0 Å². The molecule has 0 bridgehead atoms. The zero-order chi connectivity index (χ0) is 10.5. The summed E-state index contributed by atoms with van der Waals surface area (Å²) in [6.45, 7) is 4.09. The van der Waals surface area contributed by atoms with Gasteiger partial charge in [0.1, 0.15) is 0 Å². The first-order valence-corrected chi connectivity index (χ1v) is 3.94. The Morgan fingerprint density at radius 2 is 1.92 bits per heavy atom. The molecule has 0 aliphatic carbocycles. The van der Waals surface area contributed by atoms with Crippen molar-refractivity contribution in [1.82, 2.24) is 10.6 Å². The summed E-state index contributed by atoms with van der Waals surface area (Å²) in [7, 11) is 0. The normalized spacial score (nSPS) is 11.5. The molecule has 0 unspecified atom stereocenters. The zero-order valence-corrected chi connectivity index (χ0v) is 7.53. The molecule has 0 aromatic heterocycles. The van der Waals surface area contributed by atoms with Gasteiger partial charge in [-0.15, -0.1) is 0 Å². The summed E-state index contributed by atoms with van der Waals surface area (Å²) in [6.07, 6.45) is -3.99. The quantitative estimate of drug-likeness (QED) is 0.667. The molecule has 0 atom stereocenters. The van der Waals surface area contributed by atoms with Gasteiger partial charge < -0.3 is 5.32 Å². The average molecular weight is 198 g/mol. The third kappa shape index (κ3) is 8.97. The van der Waals surface area contributed by atoms with E-state index in [4.69, 9.17) is 0 Å². The highest BCUT2D eigenvalue weighted by Crippen LogP contribution is 2.08. The van der Waals surface area contributed by atoms with Crippen LogP contribution < -0.4 is 10.6 Å². The van der Waals surface area contributed by atoms with Crippen LogP contribution in [-0.2, 0) is 0 Å². The van der Waals surface area contributed by atoms with E-state index in [0.717, 1.165) is 5.32 Å². The lowest BCUT2D eigenvalue weighted by Gasteiger charge is -2.10. The molecule has 0 aromatic carbocycles. The average Bonchev–Trinajstić information content (AvgIpc) is 1.81. The van der Waals surface area contributed by atoms with Crippen LogP contribution in [0.1, 0.15) is 20.3 Å². The Morgan fingerprint density at radius 3 is 2.31 bits per heavy atom. The highest BCUT2D eigenvalue weighted by atomic mass is 19.4. The fourth-order valence-corrected chi connectivity index (χ4v) is 0.647. The Kier molecular flexibility index (Phi) is 4.58. The van der Waals surface area contributed by atoms with Crippen molar-refractivity contribution in [2.45, 2.75) is 26.6 Å². The fraction of sp³-hybridized carbons (Fsp3) is 0.857. The number of hydrogen-bond acceptors (Lipinski definition) is 1. The molecule has 3 nitrogen and oxygen atoms in total. The minimum atomic E-state index is -4.65. The van der Waals surface area contributed by atoms with Gasteiger partial charge in [-0.2, -0.15) is 13.2 Å². The van der Waals surface area contributed by atoms with Gasteiger partial charge in [-0.25, -0.2) is 10.1 Å². The van der Waals surface area contributed by atoms with Crippen LogP contribution in [0.3, 0.4) is 0 Å². The minimum absolute atomic E-state index is 0.250. The second-order valence-electron chi connectivity index (χ2n) is 3.06. The molecule has 0 aromatic rings. The molecular formula is C7H13F3N2O. The standard InChI is InChI=1S/C7H13F3N2O/c1-5(2)3-4-11-6(13)12-7(8,9)10/h5H,3-4H2,1-2H3,(H2,11,12,13). The van der Waals surface area contributed by atoms with E-state index in [0.29, 0.717) is 12.3 Å². The molecule has 0 rings (SSSR count). The van der Waals surface area contributed by atoms with Gasteiger partial charge in [-0.1, -0.05) is 13.8 Å². The Balaban J connectivity index is 3.53. The van der Waals surface area contributed by atoms with Crippen LogP contribution in [-0.4, -0.2) is 18.9 Å². The van der Waals surface area contributed by atoms with Crippen molar-refractivity contribution in [3.63, 3.8) is 0 Å². The molecule has 78 valence electrons. The smallest absolute Gasteiger partial charge is 0.338 e. The number of hydrogen-bond donors (Lipinski definition) is 2. The van der Waals surface area contributed by atoms with E-state index >= 15 is 0 Å². The van der Waals surface area contributed by atoms with Crippen molar-refractivity contribution in [2.75, 3.05) is 6.54 Å². The summed E-state index contributed by atoms with van der Waals surface area (Å²) in [5.41, 5.74) is 0. The highest BCUT2D eigenvalue weighted by Gasteiger charge is 2.29. The van der Waals surface area contributed by atoms with Crippen LogP contribution in [0.2, 0.25) is 0 Å². The summed E-state index contributed by atoms with van der Waals surface area (Å²) in [4.78, 5) is 10.5. The molecule has 0 heterocycles. The van der Waals surface area contributed by atoms with Gasteiger partial charge in [-0.3, -0.25) is 0 Å². The first-order valence-electron chi connectivity index (χ1n) is 3.94. The van der Waals surface area contributed by atoms with Gasteiger partial charge in [0.05, 0.1) is 0 Å². The largest absolute Gasteiger partial charge is 0.485 e. The number of alkyl halides is 3. The number of amides is 2. The van der Waals surface area contributed by atoms with Crippen molar-refractivity contribution in [3.05, 3.63) is 0 Å². The third-order valence-corrected chi connectivity index (χ3v) is 1.26. The van der Waals surface area contributed by atoms with Crippen LogP contribution in [0.4, 0.5) is 18.0 Å². The Bertz CT molecular complexity index is 168. The summed E-state index contributed by atoms with van der Waals surface area (Å²) >= 11 is 0. The molecular weight excluding hydrogens is 185 g/mol. The summed E-state index contributed by atoms with van der Waals surface area (Å²) in [5, 5.41) is 2.94. The first kappa shape index (κ1) is 12.1. The van der Waals surface area contributed by atoms with Crippen LogP contribution in [0.5, 0.6) is 0 Å². The molecule has 0 saturated carbocycles. The van der Waals surface area contributed by atoms with Crippen molar-refractivity contribution >= 4 is 6.03 Å². The van der Waals surface area contributed by atoms with E-state index in [1.54, 1.807) is 0 Å². The zero-order valence-electron chi connectivity index (χ0n) is 7.53. The maximum absolute atomic E-state index is 11.5. The van der Waals surface area contributed by atoms with Gasteiger partial charge in [0.25, 0.3) is 0 Å². The van der Waals surface area contributed by atoms with Crippen molar-refractivity contribution in [3.8, 4) is 0 Å². The minimum Gasteiger partial charge on any atom is -0.338 e. The fourth-order valence-electron chi connectivity index (χ4n) is 0.647. The number of carbonyl (C=O) groups is 1. The number of halogens is 3. The van der Waals surface area contributed by atoms with E-state index in [-0.39, 0.29) is 6.54 Å². The molecule has 0 fully saturated rings. The summed E-state index contributed by atoms with van der Waals surface area (Å²) in [6, 6.07) is -1.20. The summed E-state index contributed by atoms with van der Waals surface area (Å²) < 4.78 is 34.6. The maximum Gasteiger partial charge on any atom is 0.485 e. The topological polar surface area (TPSA) is 41.1 Å². The SMILES string of the molecule is CC(C)CCNC(=O)NC(F)(F)F. The van der Waals surface area contributed by atoms with Crippen LogP contribution >= 0.6 is 0 Å². The van der Waals surface area contributed by atoms with E-state index in [1.807, 2.05) is 13.8 Å². The van der Waals surface area contributed by atoms with E-state index in [2.05, 4.69) is 5.32 Å². The lowest BCUT2D eigenvalue weighted by Crippen LogP contribution is -2.44. The van der Waals surface area contributed by atoms with Crippen LogP contribution in [0.15, 0.2) is 0 Å². The Labute approximate surface area is 74.7 Å². The van der Waals surface area contributed by atoms with Gasteiger partial charge in [0.15, 0.2) is 0 Å². The lowest BCUT2D eigenvalue weighted by molar-refractivity contribution is -0.145. The molecule has 0 spiro atoms. The monoisotopic (exact) mass is 198 g/mol. The number of nitrogens with one attached hydrogen (secondary N) is 2. The molecule has 2 amide bonds. The summed E-state index contributed by atoms with van der Waals surface area (Å²) in [5.74, 6) is 0.353. The van der Waals surface area contributed by atoms with Gasteiger partial charge in [0, 0.05) is 6.54 Å². The second kappa shape index (κ2) is 4.94. The molecule has 6 heteroatoms. The van der Waals surface area contributed by atoms with Crippen LogP contribution in [0.25, 0.3) is 0 Å². The third-order valence-electron chi connectivity index (χ3n) is 1.26. The molecule has 0 aliphatic rings. The predicted octanol–water partition coefficient (Wildman–Crippen LogP) is 1.85. The molecule has 0 radical (unpaired) electrons. The highest BCUT2D eigenvalue weighted by molar-refractivity contribution is 5.74. The molecule has 0 saturated heterocycles. The van der Waals surface area contributed by atoms with E-state index < -0.39 is 12.3 Å². The van der Waals surface area contributed by atoms with Gasteiger partial charge in [0.2, 0.25) is 0 Å². The van der Waals surface area contributed by atoms with Gasteiger partial charge in [-0.05, 0) is 12.3 Å². The lowest BCUT2D eigenvalue weighted by atomic mass is 10.1. The Morgan fingerprint density at radius 1 is 1.38 bits per heavy atom. The molecule has 13 heavy (non-hydrogen) atoms. The van der Waals surface area contributed by atoms with E-state index in [9.17, 15) is 18.0 Å². The van der Waals surface area contributed by atoms with E-state index in [1.165, 1.54) is 0 Å². The number of rotatable bonds is 3. The number of carbonyl (C=O) groups excluding carboxylic acids is 1. The predicted molar refractivity (Wildman–Crippen MR) is 42.0 cm³/mol. The van der Waals surface area contributed by atoms with Crippen molar-refractivity contribution in [2.24, 2.45) is 5.92 Å².